The van der Waals surface area contributed by atoms with Gasteiger partial charge in [0.25, 0.3) is 0 Å². The molecule has 7 nitrogen and oxygen atoms in total. The topological polar surface area (TPSA) is 74.0 Å². The van der Waals surface area contributed by atoms with E-state index in [2.05, 4.69) is 15.5 Å². The summed E-state index contributed by atoms with van der Waals surface area (Å²) in [5.74, 6) is 0.0117. The third kappa shape index (κ3) is 3.21. The molecule has 0 bridgehead atoms. The molecule has 1 amide bonds. The van der Waals surface area contributed by atoms with Gasteiger partial charge in [-0.25, -0.2) is 0 Å². The zero-order valence-electron chi connectivity index (χ0n) is 14.7. The first kappa shape index (κ1) is 16.7. The van der Waals surface area contributed by atoms with E-state index in [-0.39, 0.29) is 18.1 Å². The summed E-state index contributed by atoms with van der Waals surface area (Å²) in [7, 11) is 1.90. The number of hydrogen-bond donors (Lipinski definition) is 1. The summed E-state index contributed by atoms with van der Waals surface area (Å²) in [6.45, 7) is 7.45. The Bertz CT molecular complexity index is 733. The van der Waals surface area contributed by atoms with E-state index in [1.54, 1.807) is 0 Å². The van der Waals surface area contributed by atoms with Gasteiger partial charge in [0.15, 0.2) is 0 Å². The quantitative estimate of drug-likeness (QED) is 0.900. The Hall–Kier alpha value is -2.15. The molecule has 0 radical (unpaired) electrons. The van der Waals surface area contributed by atoms with E-state index in [0.717, 1.165) is 35.5 Å². The molecule has 1 saturated heterocycles. The molecular formula is C17H25N5O2. The SMILES string of the molecule is CCn1cc([C@H]2OCC[C@@H]2NC(=O)Cc2c(C)nn(C)c2C)cn1. The van der Waals surface area contributed by atoms with Gasteiger partial charge in [-0.1, -0.05) is 0 Å². The van der Waals surface area contributed by atoms with Crippen molar-refractivity contribution in [1.82, 2.24) is 24.9 Å². The van der Waals surface area contributed by atoms with Gasteiger partial charge in [-0.2, -0.15) is 10.2 Å². The molecule has 0 saturated carbocycles. The second kappa shape index (κ2) is 6.76. The van der Waals surface area contributed by atoms with Gasteiger partial charge in [-0.3, -0.25) is 14.2 Å². The molecule has 1 aliphatic rings. The van der Waals surface area contributed by atoms with E-state index >= 15 is 0 Å². The lowest BCUT2D eigenvalue weighted by atomic mass is 10.0. The van der Waals surface area contributed by atoms with Crippen LogP contribution in [0.1, 0.15) is 42.0 Å². The Morgan fingerprint density at radius 2 is 2.25 bits per heavy atom. The van der Waals surface area contributed by atoms with Gasteiger partial charge >= 0.3 is 0 Å². The van der Waals surface area contributed by atoms with Crippen molar-refractivity contribution in [1.29, 1.82) is 0 Å². The fraction of sp³-hybridized carbons (Fsp3) is 0.588. The largest absolute Gasteiger partial charge is 0.371 e. The van der Waals surface area contributed by atoms with Crippen molar-refractivity contribution >= 4 is 5.91 Å². The minimum Gasteiger partial charge on any atom is -0.371 e. The Kier molecular flexibility index (Phi) is 4.71. The third-order valence-electron chi connectivity index (χ3n) is 4.74. The summed E-state index contributed by atoms with van der Waals surface area (Å²) in [6.07, 6.45) is 4.87. The Labute approximate surface area is 142 Å². The third-order valence-corrected chi connectivity index (χ3v) is 4.74. The van der Waals surface area contributed by atoms with E-state index in [1.165, 1.54) is 0 Å². The number of carbonyl (C=O) groups is 1. The number of nitrogens with one attached hydrogen (secondary N) is 1. The molecule has 3 rings (SSSR count). The van der Waals surface area contributed by atoms with Crippen LogP contribution in [0.5, 0.6) is 0 Å². The second-order valence-corrected chi connectivity index (χ2v) is 6.33. The molecule has 0 aromatic carbocycles. The predicted molar refractivity (Wildman–Crippen MR) is 89.5 cm³/mol. The van der Waals surface area contributed by atoms with Crippen LogP contribution in [0.2, 0.25) is 0 Å². The van der Waals surface area contributed by atoms with E-state index in [0.29, 0.717) is 13.0 Å². The number of aromatic nitrogens is 4. The maximum absolute atomic E-state index is 12.5. The first-order chi connectivity index (χ1) is 11.5. The monoisotopic (exact) mass is 331 g/mol. The van der Waals surface area contributed by atoms with E-state index in [1.807, 2.05) is 49.6 Å². The summed E-state index contributed by atoms with van der Waals surface area (Å²) in [6, 6.07) is -0.00992. The van der Waals surface area contributed by atoms with Crippen LogP contribution in [-0.2, 0) is 29.5 Å². The molecule has 0 spiro atoms. The fourth-order valence-electron chi connectivity index (χ4n) is 3.26. The zero-order chi connectivity index (χ0) is 17.3. The molecule has 1 fully saturated rings. The molecular weight excluding hydrogens is 306 g/mol. The minimum absolute atomic E-state index is 0.00992. The van der Waals surface area contributed by atoms with Crippen molar-refractivity contribution < 1.29 is 9.53 Å². The van der Waals surface area contributed by atoms with Crippen LogP contribution in [0.4, 0.5) is 0 Å². The van der Waals surface area contributed by atoms with Crippen LogP contribution in [0, 0.1) is 13.8 Å². The van der Waals surface area contributed by atoms with Gasteiger partial charge in [0, 0.05) is 43.2 Å². The van der Waals surface area contributed by atoms with Crippen molar-refractivity contribution in [2.24, 2.45) is 7.05 Å². The lowest BCUT2D eigenvalue weighted by Crippen LogP contribution is -2.37. The normalized spacial score (nSPS) is 20.5. The predicted octanol–water partition coefficient (Wildman–Crippen LogP) is 1.44. The van der Waals surface area contributed by atoms with Crippen molar-refractivity contribution in [2.45, 2.75) is 52.3 Å². The van der Waals surface area contributed by atoms with Gasteiger partial charge in [0.05, 0.1) is 24.4 Å². The smallest absolute Gasteiger partial charge is 0.224 e. The highest BCUT2D eigenvalue weighted by atomic mass is 16.5. The van der Waals surface area contributed by atoms with Gasteiger partial charge < -0.3 is 10.1 Å². The molecule has 2 aromatic heterocycles. The molecule has 1 aliphatic heterocycles. The molecule has 3 heterocycles. The molecule has 2 atom stereocenters. The number of carbonyl (C=O) groups excluding carboxylic acids is 1. The average Bonchev–Trinajstić information content (AvgIpc) is 3.24. The maximum Gasteiger partial charge on any atom is 0.224 e. The van der Waals surface area contributed by atoms with E-state index in [9.17, 15) is 4.79 Å². The summed E-state index contributed by atoms with van der Waals surface area (Å²) in [4.78, 5) is 12.5. The van der Waals surface area contributed by atoms with E-state index < -0.39 is 0 Å². The Morgan fingerprint density at radius 1 is 1.46 bits per heavy atom. The standard InChI is InChI=1S/C17H25N5O2/c1-5-22-10-13(9-18-22)17-15(6-7-24-17)19-16(23)8-14-11(2)20-21(4)12(14)3/h9-10,15,17H,5-8H2,1-4H3,(H,19,23)/t15-,17+/m0/s1. The van der Waals surface area contributed by atoms with Gasteiger partial charge in [0.1, 0.15) is 6.10 Å². The summed E-state index contributed by atoms with van der Waals surface area (Å²) in [5, 5.41) is 11.8. The van der Waals surface area contributed by atoms with Crippen LogP contribution in [0.3, 0.4) is 0 Å². The first-order valence-corrected chi connectivity index (χ1v) is 8.42. The number of aryl methyl sites for hydroxylation is 3. The minimum atomic E-state index is -0.120. The average molecular weight is 331 g/mol. The fourth-order valence-corrected chi connectivity index (χ4v) is 3.26. The lowest BCUT2D eigenvalue weighted by Gasteiger charge is -2.19. The molecule has 130 valence electrons. The number of nitrogens with zero attached hydrogens (tertiary/aromatic N) is 4. The van der Waals surface area contributed by atoms with Gasteiger partial charge in [-0.05, 0) is 27.2 Å². The second-order valence-electron chi connectivity index (χ2n) is 6.33. The summed E-state index contributed by atoms with van der Waals surface area (Å²) in [5.41, 5.74) is 3.97. The maximum atomic E-state index is 12.5. The molecule has 0 unspecified atom stereocenters. The van der Waals surface area contributed by atoms with Crippen molar-refractivity contribution in [3.63, 3.8) is 0 Å². The van der Waals surface area contributed by atoms with Crippen LogP contribution < -0.4 is 5.32 Å². The van der Waals surface area contributed by atoms with Crippen molar-refractivity contribution in [2.75, 3.05) is 6.61 Å². The lowest BCUT2D eigenvalue weighted by molar-refractivity contribution is -0.121. The van der Waals surface area contributed by atoms with Gasteiger partial charge in [0.2, 0.25) is 5.91 Å². The number of hydrogen-bond acceptors (Lipinski definition) is 4. The number of ether oxygens (including phenoxy) is 1. The Morgan fingerprint density at radius 3 is 2.88 bits per heavy atom. The number of rotatable bonds is 5. The molecule has 7 heteroatoms. The Balaban J connectivity index is 1.67. The molecule has 24 heavy (non-hydrogen) atoms. The highest BCUT2D eigenvalue weighted by Crippen LogP contribution is 2.29. The highest BCUT2D eigenvalue weighted by Gasteiger charge is 2.32. The molecule has 1 N–H and O–H groups in total. The molecule has 2 aromatic rings. The molecule has 0 aliphatic carbocycles. The highest BCUT2D eigenvalue weighted by molar-refractivity contribution is 5.79. The van der Waals surface area contributed by atoms with E-state index in [4.69, 9.17) is 4.74 Å². The van der Waals surface area contributed by atoms with Crippen molar-refractivity contribution in [3.8, 4) is 0 Å². The van der Waals surface area contributed by atoms with Gasteiger partial charge in [-0.15, -0.1) is 0 Å². The van der Waals surface area contributed by atoms with Crippen LogP contribution >= 0.6 is 0 Å². The van der Waals surface area contributed by atoms with Crippen LogP contribution in [-0.4, -0.2) is 38.1 Å². The summed E-state index contributed by atoms with van der Waals surface area (Å²) >= 11 is 0. The summed E-state index contributed by atoms with van der Waals surface area (Å²) < 4.78 is 9.52. The van der Waals surface area contributed by atoms with Crippen LogP contribution in [0.15, 0.2) is 12.4 Å². The first-order valence-electron chi connectivity index (χ1n) is 8.42. The zero-order valence-corrected chi connectivity index (χ0v) is 14.7. The van der Waals surface area contributed by atoms with Crippen LogP contribution in [0.25, 0.3) is 0 Å². The van der Waals surface area contributed by atoms with Crippen molar-refractivity contribution in [3.05, 3.63) is 34.9 Å². The number of amides is 1.